The number of nitrogens with zero attached hydrogens (tertiary/aromatic N) is 2. The molecule has 4 nitrogen and oxygen atoms in total. The molecule has 2 aromatic rings. The van der Waals surface area contributed by atoms with E-state index in [2.05, 4.69) is 11.1 Å². The van der Waals surface area contributed by atoms with Gasteiger partial charge in [-0.1, -0.05) is 42.1 Å². The van der Waals surface area contributed by atoms with Gasteiger partial charge < -0.3 is 10.2 Å². The van der Waals surface area contributed by atoms with Gasteiger partial charge in [0.25, 0.3) is 5.22 Å². The third-order valence-corrected chi connectivity index (χ3v) is 3.54. The van der Waals surface area contributed by atoms with Gasteiger partial charge in [-0.2, -0.15) is 5.26 Å². The summed E-state index contributed by atoms with van der Waals surface area (Å²) in [6.45, 7) is 1.85. The summed E-state index contributed by atoms with van der Waals surface area (Å²) in [5.41, 5.74) is 6.70. The van der Waals surface area contributed by atoms with Crippen LogP contribution < -0.4 is 5.73 Å². The van der Waals surface area contributed by atoms with Crippen molar-refractivity contribution in [3.8, 4) is 6.07 Å². The van der Waals surface area contributed by atoms with Crippen molar-refractivity contribution in [2.45, 2.75) is 17.7 Å². The number of oxazole rings is 1. The van der Waals surface area contributed by atoms with Crippen LogP contribution in [0, 0.1) is 18.3 Å². The first-order chi connectivity index (χ1) is 8.64. The van der Waals surface area contributed by atoms with Crippen LogP contribution in [0.5, 0.6) is 0 Å². The molecule has 2 N–H and O–H groups in total. The Kier molecular flexibility index (Phi) is 3.70. The lowest BCUT2D eigenvalue weighted by Crippen LogP contribution is -2.37. The molecule has 1 aromatic heterocycles. The normalized spacial score (nSPS) is 13.8. The number of nitrogens with two attached hydrogens (primary N) is 1. The van der Waals surface area contributed by atoms with E-state index in [1.807, 2.05) is 37.3 Å². The van der Waals surface area contributed by atoms with E-state index in [-0.39, 0.29) is 0 Å². The molecule has 1 aromatic carbocycles. The zero-order valence-electron chi connectivity index (χ0n) is 9.96. The number of rotatable bonds is 4. The second kappa shape index (κ2) is 5.25. The van der Waals surface area contributed by atoms with E-state index >= 15 is 0 Å². The van der Waals surface area contributed by atoms with E-state index in [1.54, 1.807) is 6.26 Å². The second-order valence-electron chi connectivity index (χ2n) is 3.99. The summed E-state index contributed by atoms with van der Waals surface area (Å²) in [5, 5.41) is 9.82. The molecule has 1 unspecified atom stereocenters. The van der Waals surface area contributed by atoms with Gasteiger partial charge in [0.2, 0.25) is 0 Å². The smallest absolute Gasteiger partial charge is 0.255 e. The van der Waals surface area contributed by atoms with E-state index in [0.29, 0.717) is 11.0 Å². The molecule has 0 saturated heterocycles. The van der Waals surface area contributed by atoms with Crippen molar-refractivity contribution in [2.75, 3.05) is 5.75 Å². The predicted molar refractivity (Wildman–Crippen MR) is 69.9 cm³/mol. The van der Waals surface area contributed by atoms with Crippen molar-refractivity contribution in [3.05, 3.63) is 47.9 Å². The van der Waals surface area contributed by atoms with Crippen molar-refractivity contribution in [2.24, 2.45) is 5.73 Å². The fourth-order valence-electron chi connectivity index (χ4n) is 1.49. The van der Waals surface area contributed by atoms with E-state index < -0.39 is 5.54 Å². The minimum absolute atomic E-state index is 0.396. The van der Waals surface area contributed by atoms with E-state index in [1.165, 1.54) is 11.8 Å². The zero-order valence-corrected chi connectivity index (χ0v) is 10.8. The summed E-state index contributed by atoms with van der Waals surface area (Å²) < 4.78 is 5.23. The van der Waals surface area contributed by atoms with Gasteiger partial charge in [-0.3, -0.25) is 0 Å². The number of hydrogen-bond donors (Lipinski definition) is 1. The van der Waals surface area contributed by atoms with Gasteiger partial charge in [0.15, 0.2) is 0 Å². The Balaban J connectivity index is 2.12. The molecule has 18 heavy (non-hydrogen) atoms. The standard InChI is InChI=1S/C13H13N3OS/c1-10-7-17-12(16-10)18-9-13(15,8-14)11-5-3-2-4-6-11/h2-7H,9,15H2,1H3. The largest absolute Gasteiger partial charge is 0.440 e. The molecule has 0 saturated carbocycles. The molecular weight excluding hydrogens is 246 g/mol. The molecule has 1 atom stereocenters. The van der Waals surface area contributed by atoms with E-state index in [9.17, 15) is 5.26 Å². The highest BCUT2D eigenvalue weighted by molar-refractivity contribution is 7.99. The van der Waals surface area contributed by atoms with Crippen LogP contribution in [0.25, 0.3) is 0 Å². The highest BCUT2D eigenvalue weighted by atomic mass is 32.2. The van der Waals surface area contributed by atoms with E-state index in [4.69, 9.17) is 10.2 Å². The molecule has 0 radical (unpaired) electrons. The van der Waals surface area contributed by atoms with E-state index in [0.717, 1.165) is 11.3 Å². The second-order valence-corrected chi connectivity index (χ2v) is 4.92. The fourth-order valence-corrected chi connectivity index (χ4v) is 2.40. The summed E-state index contributed by atoms with van der Waals surface area (Å²) >= 11 is 1.34. The topological polar surface area (TPSA) is 75.8 Å². The van der Waals surface area contributed by atoms with Crippen molar-refractivity contribution in [3.63, 3.8) is 0 Å². The third kappa shape index (κ3) is 2.73. The molecule has 0 aliphatic carbocycles. The van der Waals surface area contributed by atoms with Crippen LogP contribution in [-0.2, 0) is 5.54 Å². The Bertz CT molecular complexity index is 561. The van der Waals surface area contributed by atoms with Gasteiger partial charge in [-0.15, -0.1) is 0 Å². The van der Waals surface area contributed by atoms with Gasteiger partial charge in [-0.05, 0) is 12.5 Å². The van der Waals surface area contributed by atoms with Crippen LogP contribution in [0.1, 0.15) is 11.3 Å². The molecule has 0 fully saturated rings. The SMILES string of the molecule is Cc1coc(SCC(N)(C#N)c2ccccc2)n1. The molecule has 0 amide bonds. The van der Waals surface area contributed by atoms with Crippen LogP contribution in [0.3, 0.4) is 0 Å². The van der Waals surface area contributed by atoms with Crippen molar-refractivity contribution < 1.29 is 4.42 Å². The molecule has 0 aliphatic rings. The molecule has 92 valence electrons. The van der Waals surface area contributed by atoms with Crippen LogP contribution in [0.2, 0.25) is 0 Å². The Morgan fingerprint density at radius 3 is 2.72 bits per heavy atom. The quantitative estimate of drug-likeness (QED) is 0.853. The number of hydrogen-bond acceptors (Lipinski definition) is 5. The van der Waals surface area contributed by atoms with Crippen LogP contribution in [0.4, 0.5) is 0 Å². The Morgan fingerprint density at radius 2 is 2.17 bits per heavy atom. The number of benzene rings is 1. The lowest BCUT2D eigenvalue weighted by atomic mass is 9.95. The first kappa shape index (κ1) is 12.7. The maximum absolute atomic E-state index is 9.28. The average Bonchev–Trinajstić information content (AvgIpc) is 2.83. The number of aromatic nitrogens is 1. The van der Waals surface area contributed by atoms with Crippen LogP contribution >= 0.6 is 11.8 Å². The van der Waals surface area contributed by atoms with Crippen molar-refractivity contribution >= 4 is 11.8 Å². The minimum atomic E-state index is -1.03. The highest BCUT2D eigenvalue weighted by Gasteiger charge is 2.28. The average molecular weight is 259 g/mol. The predicted octanol–water partition coefficient (Wildman–Crippen LogP) is 2.45. The van der Waals surface area contributed by atoms with Gasteiger partial charge in [0.1, 0.15) is 11.8 Å². The minimum Gasteiger partial charge on any atom is -0.440 e. The maximum Gasteiger partial charge on any atom is 0.255 e. The first-order valence-corrected chi connectivity index (χ1v) is 6.43. The summed E-state index contributed by atoms with van der Waals surface area (Å²) in [4.78, 5) is 4.17. The zero-order chi connectivity index (χ0) is 13.0. The number of thioether (sulfide) groups is 1. The summed E-state index contributed by atoms with van der Waals surface area (Å²) in [6, 6.07) is 11.5. The Labute approximate surface area is 110 Å². The van der Waals surface area contributed by atoms with Crippen molar-refractivity contribution in [1.29, 1.82) is 5.26 Å². The van der Waals surface area contributed by atoms with Gasteiger partial charge >= 0.3 is 0 Å². The van der Waals surface area contributed by atoms with Gasteiger partial charge in [-0.25, -0.2) is 4.98 Å². The molecule has 0 spiro atoms. The Hall–Kier alpha value is -1.77. The van der Waals surface area contributed by atoms with Crippen molar-refractivity contribution in [1.82, 2.24) is 4.98 Å². The summed E-state index contributed by atoms with van der Waals surface area (Å²) in [7, 11) is 0. The molecule has 0 bridgehead atoms. The lowest BCUT2D eigenvalue weighted by molar-refractivity contribution is 0.453. The molecule has 1 heterocycles. The van der Waals surface area contributed by atoms with Crippen LogP contribution in [-0.4, -0.2) is 10.7 Å². The molecule has 0 aliphatic heterocycles. The summed E-state index contributed by atoms with van der Waals surface area (Å²) in [5.74, 6) is 0.396. The maximum atomic E-state index is 9.28. The molecular formula is C13H13N3OS. The lowest BCUT2D eigenvalue weighted by Gasteiger charge is -2.20. The summed E-state index contributed by atoms with van der Waals surface area (Å²) in [6.07, 6.45) is 1.58. The number of aryl methyl sites for hydroxylation is 1. The van der Waals surface area contributed by atoms with Gasteiger partial charge in [0.05, 0.1) is 11.8 Å². The van der Waals surface area contributed by atoms with Gasteiger partial charge in [0, 0.05) is 5.75 Å². The third-order valence-electron chi connectivity index (χ3n) is 2.51. The van der Waals surface area contributed by atoms with Crippen LogP contribution in [0.15, 0.2) is 46.2 Å². The number of nitriles is 1. The fraction of sp³-hybridized carbons (Fsp3) is 0.231. The Morgan fingerprint density at radius 1 is 1.44 bits per heavy atom. The molecule has 5 heteroatoms. The first-order valence-electron chi connectivity index (χ1n) is 5.45. The molecule has 2 rings (SSSR count). The highest BCUT2D eigenvalue weighted by Crippen LogP contribution is 2.26. The monoisotopic (exact) mass is 259 g/mol.